The van der Waals surface area contributed by atoms with Gasteiger partial charge in [-0.3, -0.25) is 9.20 Å². The summed E-state index contributed by atoms with van der Waals surface area (Å²) in [5.41, 5.74) is 8.65. The summed E-state index contributed by atoms with van der Waals surface area (Å²) in [6, 6.07) is 20.4. The predicted octanol–water partition coefficient (Wildman–Crippen LogP) is 6.07. The maximum Gasteiger partial charge on any atom is 0.251 e. The van der Waals surface area contributed by atoms with Crippen molar-refractivity contribution in [1.29, 1.82) is 0 Å². The van der Waals surface area contributed by atoms with Crippen LogP contribution in [0, 0.1) is 20.8 Å². The first kappa shape index (κ1) is 19.5. The summed E-state index contributed by atoms with van der Waals surface area (Å²) in [5.74, 6) is -0.0628. The van der Waals surface area contributed by atoms with E-state index in [9.17, 15) is 4.79 Å². The molecule has 2 heterocycles. The average molecular weight is 426 g/mol. The van der Waals surface area contributed by atoms with Crippen molar-refractivity contribution >= 4 is 32.4 Å². The third-order valence-corrected chi connectivity index (χ3v) is 6.73. The Kier molecular flexibility index (Phi) is 4.83. The van der Waals surface area contributed by atoms with Gasteiger partial charge in [-0.05, 0) is 55.7 Å². The van der Waals surface area contributed by atoms with Crippen molar-refractivity contribution in [3.05, 3.63) is 94.7 Å². The Morgan fingerprint density at radius 1 is 1.00 bits per heavy atom. The minimum absolute atomic E-state index is 0.0628. The number of carbonyl (C=O) groups excluding carboxylic acids is 1. The quantitative estimate of drug-likeness (QED) is 0.380. The van der Waals surface area contributed by atoms with Gasteiger partial charge in [0.1, 0.15) is 0 Å². The number of benzene rings is 3. The number of thiazole rings is 1. The molecule has 0 atom stereocenters. The lowest BCUT2D eigenvalue weighted by Gasteiger charge is -2.08. The molecule has 0 radical (unpaired) electrons. The number of rotatable bonds is 4. The number of aromatic nitrogens is 2. The highest BCUT2D eigenvalue weighted by molar-refractivity contribution is 7.23. The number of imidazole rings is 1. The van der Waals surface area contributed by atoms with Crippen molar-refractivity contribution in [3.63, 3.8) is 0 Å². The van der Waals surface area contributed by atoms with Gasteiger partial charge in [-0.2, -0.15) is 0 Å². The summed E-state index contributed by atoms with van der Waals surface area (Å²) < 4.78 is 3.17. The van der Waals surface area contributed by atoms with E-state index in [0.29, 0.717) is 12.1 Å². The van der Waals surface area contributed by atoms with E-state index in [4.69, 9.17) is 4.98 Å². The predicted molar refractivity (Wildman–Crippen MR) is 128 cm³/mol. The first-order valence-electron chi connectivity index (χ1n) is 10.3. The molecule has 154 valence electrons. The highest BCUT2D eigenvalue weighted by Crippen LogP contribution is 2.31. The van der Waals surface area contributed by atoms with Crippen LogP contribution in [-0.2, 0) is 6.54 Å². The van der Waals surface area contributed by atoms with Crippen molar-refractivity contribution in [3.8, 4) is 11.3 Å². The molecular formula is C26H23N3OS. The zero-order valence-corrected chi connectivity index (χ0v) is 18.6. The fourth-order valence-corrected chi connectivity index (χ4v) is 5.01. The van der Waals surface area contributed by atoms with Crippen molar-refractivity contribution < 1.29 is 4.79 Å². The number of fused-ring (bicyclic) bond motifs is 3. The van der Waals surface area contributed by atoms with E-state index in [1.54, 1.807) is 11.3 Å². The summed E-state index contributed by atoms with van der Waals surface area (Å²) in [7, 11) is 0. The second-order valence-electron chi connectivity index (χ2n) is 7.99. The molecule has 3 aromatic carbocycles. The zero-order chi connectivity index (χ0) is 21.5. The molecule has 31 heavy (non-hydrogen) atoms. The number of carbonyl (C=O) groups is 1. The fraction of sp³-hybridized carbons (Fsp3) is 0.154. The maximum atomic E-state index is 12.7. The van der Waals surface area contributed by atoms with Crippen molar-refractivity contribution in [1.82, 2.24) is 14.7 Å². The molecule has 0 bridgehead atoms. The first-order valence-corrected chi connectivity index (χ1v) is 11.1. The van der Waals surface area contributed by atoms with Crippen molar-refractivity contribution in [2.75, 3.05) is 0 Å². The highest BCUT2D eigenvalue weighted by Gasteiger charge is 2.14. The molecule has 5 aromatic rings. The van der Waals surface area contributed by atoms with Gasteiger partial charge in [-0.25, -0.2) is 4.98 Å². The Labute approximate surface area is 185 Å². The molecule has 0 saturated heterocycles. The molecule has 0 saturated carbocycles. The first-order chi connectivity index (χ1) is 15.0. The van der Waals surface area contributed by atoms with Crippen LogP contribution in [0.15, 0.2) is 66.9 Å². The molecule has 4 nitrogen and oxygen atoms in total. The van der Waals surface area contributed by atoms with Crippen LogP contribution in [0.25, 0.3) is 26.4 Å². The van der Waals surface area contributed by atoms with Gasteiger partial charge in [0.05, 0.1) is 15.9 Å². The summed E-state index contributed by atoms with van der Waals surface area (Å²) in [6.45, 7) is 6.80. The average Bonchev–Trinajstić information content (AvgIpc) is 3.30. The fourth-order valence-electron chi connectivity index (χ4n) is 3.96. The van der Waals surface area contributed by atoms with Crippen LogP contribution < -0.4 is 5.32 Å². The second-order valence-corrected chi connectivity index (χ2v) is 9.00. The van der Waals surface area contributed by atoms with Crippen LogP contribution in [0.3, 0.4) is 0 Å². The molecule has 0 spiro atoms. The summed E-state index contributed by atoms with van der Waals surface area (Å²) in [6.07, 6.45) is 2.09. The van der Waals surface area contributed by atoms with Crippen LogP contribution in [0.1, 0.15) is 32.6 Å². The minimum atomic E-state index is -0.0628. The van der Waals surface area contributed by atoms with E-state index < -0.39 is 0 Å². The number of nitrogens with one attached hydrogen (secondary N) is 1. The smallest absolute Gasteiger partial charge is 0.251 e. The van der Waals surface area contributed by atoms with Gasteiger partial charge in [-0.1, -0.05) is 59.4 Å². The Morgan fingerprint density at radius 2 is 1.84 bits per heavy atom. The molecule has 0 fully saturated rings. The van der Waals surface area contributed by atoms with Crippen LogP contribution >= 0.6 is 11.3 Å². The summed E-state index contributed by atoms with van der Waals surface area (Å²) in [5, 5.41) is 3.03. The van der Waals surface area contributed by atoms with E-state index in [1.807, 2.05) is 36.4 Å². The molecule has 0 unspecified atom stereocenters. The number of hydrogen-bond donors (Lipinski definition) is 1. The SMILES string of the molecule is Cc1ccc(-c2cn3c(n2)sc2cc(C(=O)NCc4ccccc4C)ccc23)c(C)c1. The monoisotopic (exact) mass is 425 g/mol. The van der Waals surface area contributed by atoms with Gasteiger partial charge in [0.25, 0.3) is 5.91 Å². The lowest BCUT2D eigenvalue weighted by molar-refractivity contribution is 0.0951. The van der Waals surface area contributed by atoms with E-state index in [2.05, 4.69) is 61.0 Å². The molecule has 0 aliphatic heterocycles. The van der Waals surface area contributed by atoms with Gasteiger partial charge >= 0.3 is 0 Å². The van der Waals surface area contributed by atoms with Crippen LogP contribution in [0.2, 0.25) is 0 Å². The molecule has 2 aromatic heterocycles. The highest BCUT2D eigenvalue weighted by atomic mass is 32.1. The molecule has 5 heteroatoms. The van der Waals surface area contributed by atoms with Crippen molar-refractivity contribution in [2.45, 2.75) is 27.3 Å². The Morgan fingerprint density at radius 3 is 2.65 bits per heavy atom. The van der Waals surface area contributed by atoms with E-state index in [1.165, 1.54) is 16.7 Å². The number of aryl methyl sites for hydroxylation is 3. The normalized spacial score (nSPS) is 11.3. The largest absolute Gasteiger partial charge is 0.348 e. The molecule has 0 aliphatic rings. The van der Waals surface area contributed by atoms with E-state index in [0.717, 1.165) is 32.0 Å². The topological polar surface area (TPSA) is 46.4 Å². The standard InChI is InChI=1S/C26H23N3OS/c1-16-8-10-21(18(3)12-16)22-15-29-23-11-9-19(13-24(23)31-26(29)28-22)25(30)27-14-20-7-5-4-6-17(20)2/h4-13,15H,14H2,1-3H3,(H,27,30). The summed E-state index contributed by atoms with van der Waals surface area (Å²) in [4.78, 5) is 18.5. The van der Waals surface area contributed by atoms with Gasteiger partial charge in [0.15, 0.2) is 4.96 Å². The van der Waals surface area contributed by atoms with Gasteiger partial charge in [0.2, 0.25) is 0 Å². The van der Waals surface area contributed by atoms with E-state index in [-0.39, 0.29) is 5.91 Å². The Bertz CT molecular complexity index is 1440. The summed E-state index contributed by atoms with van der Waals surface area (Å²) >= 11 is 1.61. The third-order valence-electron chi connectivity index (χ3n) is 5.71. The molecule has 1 amide bonds. The third kappa shape index (κ3) is 3.62. The number of amides is 1. The molecule has 1 N–H and O–H groups in total. The minimum Gasteiger partial charge on any atom is -0.348 e. The Balaban J connectivity index is 1.42. The second kappa shape index (κ2) is 7.67. The van der Waals surface area contributed by atoms with Crippen molar-refractivity contribution in [2.24, 2.45) is 0 Å². The lowest BCUT2D eigenvalue weighted by Crippen LogP contribution is -2.23. The van der Waals surface area contributed by atoms with Gasteiger partial charge < -0.3 is 5.32 Å². The lowest BCUT2D eigenvalue weighted by atomic mass is 10.0. The molecule has 0 aliphatic carbocycles. The van der Waals surface area contributed by atoms with E-state index >= 15 is 0 Å². The number of nitrogens with zero attached hydrogens (tertiary/aromatic N) is 2. The van der Waals surface area contributed by atoms with Gasteiger partial charge in [-0.15, -0.1) is 0 Å². The zero-order valence-electron chi connectivity index (χ0n) is 17.8. The van der Waals surface area contributed by atoms with Crippen LogP contribution in [-0.4, -0.2) is 15.3 Å². The molecular weight excluding hydrogens is 402 g/mol. The van der Waals surface area contributed by atoms with Crippen LogP contribution in [0.5, 0.6) is 0 Å². The molecule has 5 rings (SSSR count). The van der Waals surface area contributed by atoms with Gasteiger partial charge in [0, 0.05) is 23.9 Å². The maximum absolute atomic E-state index is 12.7. The Hall–Kier alpha value is -3.44. The van der Waals surface area contributed by atoms with Crippen LogP contribution in [0.4, 0.5) is 0 Å². The number of hydrogen-bond acceptors (Lipinski definition) is 3.